The fraction of sp³-hybridized carbons (Fsp3) is 0.360. The highest BCUT2D eigenvalue weighted by Crippen LogP contribution is 2.42. The largest absolute Gasteiger partial charge is 0.452 e. The highest BCUT2D eigenvalue weighted by molar-refractivity contribution is 6.31. The van der Waals surface area contributed by atoms with Crippen molar-refractivity contribution in [2.75, 3.05) is 16.8 Å². The average Bonchev–Trinajstić information content (AvgIpc) is 3.04. The molecule has 2 fully saturated rings. The van der Waals surface area contributed by atoms with Crippen molar-refractivity contribution in [2.45, 2.75) is 33.1 Å². The van der Waals surface area contributed by atoms with Gasteiger partial charge < -0.3 is 10.1 Å². The predicted octanol–water partition coefficient (Wildman–Crippen LogP) is 4.37. The zero-order chi connectivity index (χ0) is 23.7. The van der Waals surface area contributed by atoms with E-state index in [1.807, 2.05) is 0 Å². The minimum Gasteiger partial charge on any atom is -0.452 e. The summed E-state index contributed by atoms with van der Waals surface area (Å²) >= 11 is 6.05. The molecule has 1 N–H and O–H groups in total. The maximum absolute atomic E-state index is 12.9. The molecule has 0 radical (unpaired) electrons. The second kappa shape index (κ2) is 9.35. The Kier molecular flexibility index (Phi) is 6.51. The fourth-order valence-corrected chi connectivity index (χ4v) is 4.73. The number of fused-ring (bicyclic) bond motifs is 1. The van der Waals surface area contributed by atoms with Crippen LogP contribution in [-0.2, 0) is 19.1 Å². The van der Waals surface area contributed by atoms with Gasteiger partial charge in [0.25, 0.3) is 5.91 Å². The third kappa shape index (κ3) is 4.64. The highest BCUT2D eigenvalue weighted by Gasteiger charge is 2.50. The number of anilines is 2. The third-order valence-corrected chi connectivity index (χ3v) is 6.81. The topological polar surface area (TPSA) is 92.8 Å². The number of ether oxygens (including phenoxy) is 1. The molecule has 33 heavy (non-hydrogen) atoms. The van der Waals surface area contributed by atoms with Gasteiger partial charge in [-0.05, 0) is 68.0 Å². The zero-order valence-electron chi connectivity index (χ0n) is 18.5. The van der Waals surface area contributed by atoms with Gasteiger partial charge in [0, 0.05) is 10.7 Å². The lowest BCUT2D eigenvalue weighted by molar-refractivity contribution is -0.122. The van der Waals surface area contributed by atoms with E-state index in [-0.39, 0.29) is 29.2 Å². The SMILES string of the molecule is Cc1c(Cl)cccc1NC(=O)COC(=O)c1cccc(N2C(=O)[C@@H]3CC[C@H](C)C[C@H]3C2=O)c1. The lowest BCUT2D eigenvalue weighted by atomic mass is 9.76. The fourth-order valence-electron chi connectivity index (χ4n) is 4.56. The van der Waals surface area contributed by atoms with Crippen molar-refractivity contribution in [2.24, 2.45) is 17.8 Å². The van der Waals surface area contributed by atoms with Crippen LogP contribution in [0.25, 0.3) is 0 Å². The Hall–Kier alpha value is -3.19. The standard InChI is InChI=1S/C25H25ClN2O5/c1-14-9-10-18-19(11-14)24(31)28(23(18)30)17-6-3-5-16(12-17)25(32)33-13-22(29)27-21-8-4-7-20(26)15(21)2/h3-8,12,14,18-19H,9-11,13H2,1-2H3,(H,27,29)/t14-,18+,19+/m0/s1. The minimum absolute atomic E-state index is 0.156. The van der Waals surface area contributed by atoms with Crippen LogP contribution in [0.3, 0.4) is 0 Å². The molecule has 1 heterocycles. The number of hydrogen-bond acceptors (Lipinski definition) is 5. The molecular weight excluding hydrogens is 444 g/mol. The summed E-state index contributed by atoms with van der Waals surface area (Å²) in [4.78, 5) is 51.8. The molecule has 1 saturated heterocycles. The summed E-state index contributed by atoms with van der Waals surface area (Å²) in [5.41, 5.74) is 1.75. The first-order chi connectivity index (χ1) is 15.8. The van der Waals surface area contributed by atoms with Gasteiger partial charge in [0.05, 0.1) is 23.1 Å². The molecule has 172 valence electrons. The van der Waals surface area contributed by atoms with E-state index in [9.17, 15) is 19.2 Å². The number of carbonyl (C=O) groups is 4. The Morgan fingerprint density at radius 2 is 1.82 bits per heavy atom. The van der Waals surface area contributed by atoms with Crippen molar-refractivity contribution in [1.29, 1.82) is 0 Å². The van der Waals surface area contributed by atoms with E-state index in [1.165, 1.54) is 17.0 Å². The van der Waals surface area contributed by atoms with Crippen molar-refractivity contribution >= 4 is 46.7 Å². The molecule has 0 aromatic heterocycles. The smallest absolute Gasteiger partial charge is 0.338 e. The molecule has 4 rings (SSSR count). The molecule has 0 unspecified atom stereocenters. The summed E-state index contributed by atoms with van der Waals surface area (Å²) in [6.07, 6.45) is 2.34. The zero-order valence-corrected chi connectivity index (χ0v) is 19.2. The van der Waals surface area contributed by atoms with Gasteiger partial charge >= 0.3 is 5.97 Å². The summed E-state index contributed by atoms with van der Waals surface area (Å²) in [5, 5.41) is 3.18. The monoisotopic (exact) mass is 468 g/mol. The quantitative estimate of drug-likeness (QED) is 0.519. The van der Waals surface area contributed by atoms with Gasteiger partial charge in [-0.15, -0.1) is 0 Å². The Morgan fingerprint density at radius 1 is 1.09 bits per heavy atom. The average molecular weight is 469 g/mol. The second-order valence-electron chi connectivity index (χ2n) is 8.73. The van der Waals surface area contributed by atoms with E-state index in [4.69, 9.17) is 16.3 Å². The summed E-state index contributed by atoms with van der Waals surface area (Å²) in [6, 6.07) is 11.3. The normalized spacial score (nSPS) is 22.2. The van der Waals surface area contributed by atoms with E-state index in [0.717, 1.165) is 6.42 Å². The van der Waals surface area contributed by atoms with Crippen LogP contribution < -0.4 is 10.2 Å². The summed E-state index contributed by atoms with van der Waals surface area (Å²) < 4.78 is 5.14. The summed E-state index contributed by atoms with van der Waals surface area (Å²) in [7, 11) is 0. The Labute approximate surface area is 197 Å². The first-order valence-corrected chi connectivity index (χ1v) is 11.3. The summed E-state index contributed by atoms with van der Waals surface area (Å²) in [6.45, 7) is 3.38. The Bertz CT molecular complexity index is 1130. The molecule has 2 aliphatic rings. The van der Waals surface area contributed by atoms with Gasteiger partial charge in [0.1, 0.15) is 0 Å². The van der Waals surface area contributed by atoms with Crippen LogP contribution in [-0.4, -0.2) is 30.3 Å². The van der Waals surface area contributed by atoms with Gasteiger partial charge in [-0.1, -0.05) is 30.7 Å². The van der Waals surface area contributed by atoms with Gasteiger partial charge in [-0.3, -0.25) is 19.3 Å². The lowest BCUT2D eigenvalue weighted by Gasteiger charge is -2.25. The third-order valence-electron chi connectivity index (χ3n) is 6.40. The van der Waals surface area contributed by atoms with Crippen molar-refractivity contribution < 1.29 is 23.9 Å². The molecular formula is C25H25ClN2O5. The number of esters is 1. The number of nitrogens with zero attached hydrogens (tertiary/aromatic N) is 1. The van der Waals surface area contributed by atoms with E-state index in [1.54, 1.807) is 37.3 Å². The Morgan fingerprint density at radius 3 is 2.61 bits per heavy atom. The molecule has 0 bridgehead atoms. The Balaban J connectivity index is 1.42. The molecule has 2 aromatic carbocycles. The van der Waals surface area contributed by atoms with Gasteiger partial charge in [-0.25, -0.2) is 4.79 Å². The van der Waals surface area contributed by atoms with Gasteiger partial charge in [-0.2, -0.15) is 0 Å². The van der Waals surface area contributed by atoms with Crippen LogP contribution >= 0.6 is 11.6 Å². The molecule has 2 aromatic rings. The van der Waals surface area contributed by atoms with Gasteiger partial charge in [0.15, 0.2) is 6.61 Å². The molecule has 0 spiro atoms. The molecule has 3 amide bonds. The number of rotatable bonds is 5. The number of halogens is 1. The van der Waals surface area contributed by atoms with Crippen LogP contribution in [0.1, 0.15) is 42.1 Å². The van der Waals surface area contributed by atoms with Crippen molar-refractivity contribution in [3.05, 3.63) is 58.6 Å². The molecule has 7 nitrogen and oxygen atoms in total. The highest BCUT2D eigenvalue weighted by atomic mass is 35.5. The maximum atomic E-state index is 12.9. The lowest BCUT2D eigenvalue weighted by Crippen LogP contribution is -2.31. The number of hydrogen-bond donors (Lipinski definition) is 1. The molecule has 3 atom stereocenters. The van der Waals surface area contributed by atoms with Crippen molar-refractivity contribution in [3.8, 4) is 0 Å². The number of benzene rings is 2. The van der Waals surface area contributed by atoms with E-state index < -0.39 is 18.5 Å². The first kappa shape index (κ1) is 23.0. The molecule has 1 aliphatic carbocycles. The van der Waals surface area contributed by atoms with Crippen LogP contribution in [0, 0.1) is 24.7 Å². The number of nitrogens with one attached hydrogen (secondary N) is 1. The molecule has 1 saturated carbocycles. The maximum Gasteiger partial charge on any atom is 0.338 e. The summed E-state index contributed by atoms with van der Waals surface area (Å²) in [5.74, 6) is -1.82. The second-order valence-corrected chi connectivity index (χ2v) is 9.14. The predicted molar refractivity (Wildman–Crippen MR) is 124 cm³/mol. The first-order valence-electron chi connectivity index (χ1n) is 11.0. The van der Waals surface area contributed by atoms with Crippen LogP contribution in [0.2, 0.25) is 5.02 Å². The van der Waals surface area contributed by atoms with Crippen molar-refractivity contribution in [3.63, 3.8) is 0 Å². The van der Waals surface area contributed by atoms with Crippen LogP contribution in [0.5, 0.6) is 0 Å². The van der Waals surface area contributed by atoms with E-state index in [2.05, 4.69) is 12.2 Å². The van der Waals surface area contributed by atoms with Crippen LogP contribution in [0.4, 0.5) is 11.4 Å². The number of amides is 3. The number of carbonyl (C=O) groups excluding carboxylic acids is 4. The molecule has 1 aliphatic heterocycles. The van der Waals surface area contributed by atoms with E-state index >= 15 is 0 Å². The van der Waals surface area contributed by atoms with Crippen LogP contribution in [0.15, 0.2) is 42.5 Å². The van der Waals surface area contributed by atoms with Gasteiger partial charge in [0.2, 0.25) is 11.8 Å². The minimum atomic E-state index is -0.722. The van der Waals surface area contributed by atoms with Crippen molar-refractivity contribution in [1.82, 2.24) is 0 Å². The number of imide groups is 1. The molecule has 8 heteroatoms. The van der Waals surface area contributed by atoms with E-state index in [0.29, 0.717) is 40.7 Å².